The first kappa shape index (κ1) is 19.3. The summed E-state index contributed by atoms with van der Waals surface area (Å²) in [6.07, 6.45) is 6.43. The highest BCUT2D eigenvalue weighted by molar-refractivity contribution is 7.99. The molecule has 3 heterocycles. The number of amides is 1. The van der Waals surface area contributed by atoms with Crippen LogP contribution in [0.15, 0.2) is 35.7 Å². The van der Waals surface area contributed by atoms with Crippen molar-refractivity contribution in [2.45, 2.75) is 37.8 Å². The smallest absolute Gasteiger partial charge is 0.234 e. The number of nitrogens with zero attached hydrogens (tertiary/aromatic N) is 4. The molecule has 0 radical (unpaired) electrons. The lowest BCUT2D eigenvalue weighted by molar-refractivity contribution is -0.113. The van der Waals surface area contributed by atoms with Gasteiger partial charge in [-0.3, -0.25) is 9.20 Å². The molecule has 1 aliphatic carbocycles. The van der Waals surface area contributed by atoms with Crippen molar-refractivity contribution in [3.8, 4) is 5.75 Å². The molecule has 0 unspecified atom stereocenters. The summed E-state index contributed by atoms with van der Waals surface area (Å²) in [6.45, 7) is 2.55. The van der Waals surface area contributed by atoms with E-state index in [-0.39, 0.29) is 11.7 Å². The lowest BCUT2D eigenvalue weighted by Crippen LogP contribution is -2.14. The topological polar surface area (TPSA) is 81.4 Å². The second-order valence-corrected chi connectivity index (χ2v) is 9.13. The van der Waals surface area contributed by atoms with Gasteiger partial charge in [0.2, 0.25) is 5.91 Å². The molecule has 0 fully saturated rings. The molecule has 0 atom stereocenters. The number of hydrogen-bond acceptors (Lipinski definition) is 7. The van der Waals surface area contributed by atoms with E-state index in [4.69, 9.17) is 4.74 Å². The second-order valence-electron chi connectivity index (χ2n) is 7.11. The summed E-state index contributed by atoms with van der Waals surface area (Å²) >= 11 is 3.13. The van der Waals surface area contributed by atoms with E-state index in [1.54, 1.807) is 17.7 Å². The number of nitrogens with one attached hydrogen (secondary N) is 1. The highest BCUT2D eigenvalue weighted by atomic mass is 32.2. The highest BCUT2D eigenvalue weighted by Gasteiger charge is 2.21. The van der Waals surface area contributed by atoms with Gasteiger partial charge in [-0.2, -0.15) is 0 Å². The van der Waals surface area contributed by atoms with E-state index in [9.17, 15) is 4.79 Å². The maximum absolute atomic E-state index is 12.4. The molecule has 5 rings (SSSR count). The Kier molecular flexibility index (Phi) is 5.30. The van der Waals surface area contributed by atoms with Crippen molar-refractivity contribution in [2.24, 2.45) is 0 Å². The van der Waals surface area contributed by atoms with Crippen molar-refractivity contribution in [3.63, 3.8) is 0 Å². The van der Waals surface area contributed by atoms with E-state index in [2.05, 4.69) is 20.5 Å². The number of fused-ring (bicyclic) bond motifs is 5. The number of ether oxygens (including phenoxy) is 1. The third-order valence-electron chi connectivity index (χ3n) is 5.11. The molecule has 0 aliphatic heterocycles. The number of anilines is 1. The normalized spacial score (nSPS) is 13.5. The van der Waals surface area contributed by atoms with Crippen LogP contribution in [0.25, 0.3) is 15.9 Å². The van der Waals surface area contributed by atoms with Crippen molar-refractivity contribution < 1.29 is 9.53 Å². The van der Waals surface area contributed by atoms with E-state index >= 15 is 0 Å². The summed E-state index contributed by atoms with van der Waals surface area (Å²) in [4.78, 5) is 19.5. The standard InChI is InChI=1S/C21H21N5O2S2/c1-2-28-14-9-7-13(8-10-14)23-17(27)11-29-21-25-24-19-18-15-5-3-4-6-16(15)30-20(18)22-12-26(19)21/h7-10,12H,2-6,11H2,1H3,(H,23,27). The number of aromatic nitrogens is 4. The molecule has 0 spiro atoms. The van der Waals surface area contributed by atoms with Crippen LogP contribution in [-0.2, 0) is 17.6 Å². The van der Waals surface area contributed by atoms with Gasteiger partial charge in [0.15, 0.2) is 10.8 Å². The Morgan fingerprint density at radius 1 is 1.23 bits per heavy atom. The van der Waals surface area contributed by atoms with Crippen molar-refractivity contribution >= 4 is 50.6 Å². The van der Waals surface area contributed by atoms with Gasteiger partial charge in [0.1, 0.15) is 16.9 Å². The first-order valence-corrected chi connectivity index (χ1v) is 11.8. The SMILES string of the molecule is CCOc1ccc(NC(=O)CSc2nnc3c4c5c(sc4ncn23)CCCC5)cc1. The van der Waals surface area contributed by atoms with Crippen molar-refractivity contribution in [2.75, 3.05) is 17.7 Å². The van der Waals surface area contributed by atoms with Gasteiger partial charge >= 0.3 is 0 Å². The molecule has 1 aliphatic rings. The third-order valence-corrected chi connectivity index (χ3v) is 7.26. The first-order chi connectivity index (χ1) is 14.7. The molecule has 1 aromatic carbocycles. The van der Waals surface area contributed by atoms with Crippen LogP contribution in [0.3, 0.4) is 0 Å². The minimum Gasteiger partial charge on any atom is -0.494 e. The number of carbonyl (C=O) groups is 1. The molecule has 0 saturated heterocycles. The number of benzene rings is 1. The Balaban J connectivity index is 1.31. The molecular weight excluding hydrogens is 418 g/mol. The molecule has 0 saturated carbocycles. The fourth-order valence-corrected chi connectivity index (χ4v) is 5.69. The number of thiophene rings is 1. The molecule has 30 heavy (non-hydrogen) atoms. The van der Waals surface area contributed by atoms with E-state index in [0.717, 1.165) is 40.1 Å². The largest absolute Gasteiger partial charge is 0.494 e. The van der Waals surface area contributed by atoms with Gasteiger partial charge in [0.05, 0.1) is 17.7 Å². The van der Waals surface area contributed by atoms with E-state index < -0.39 is 0 Å². The van der Waals surface area contributed by atoms with E-state index in [1.807, 2.05) is 35.6 Å². The summed E-state index contributed by atoms with van der Waals surface area (Å²) < 4.78 is 7.32. The quantitative estimate of drug-likeness (QED) is 0.450. The van der Waals surface area contributed by atoms with Crippen LogP contribution < -0.4 is 10.1 Å². The molecule has 1 amide bonds. The average Bonchev–Trinajstić information content (AvgIpc) is 3.34. The average molecular weight is 440 g/mol. The Labute approximate surface area is 181 Å². The molecule has 4 aromatic rings. The van der Waals surface area contributed by atoms with Gasteiger partial charge in [0, 0.05) is 10.6 Å². The van der Waals surface area contributed by atoms with Crippen LogP contribution in [0.2, 0.25) is 0 Å². The van der Waals surface area contributed by atoms with E-state index in [0.29, 0.717) is 11.8 Å². The van der Waals surface area contributed by atoms with Crippen molar-refractivity contribution in [3.05, 3.63) is 41.0 Å². The van der Waals surface area contributed by atoms with Gasteiger partial charge in [-0.25, -0.2) is 4.98 Å². The maximum atomic E-state index is 12.4. The Bertz CT molecular complexity index is 1220. The molecular formula is C21H21N5O2S2. The van der Waals surface area contributed by atoms with Gasteiger partial charge in [0.25, 0.3) is 0 Å². The zero-order chi connectivity index (χ0) is 20.5. The molecule has 3 aromatic heterocycles. The van der Waals surface area contributed by atoms with Crippen LogP contribution in [-0.4, -0.2) is 37.8 Å². The van der Waals surface area contributed by atoms with Crippen LogP contribution in [0.1, 0.15) is 30.2 Å². The minimum absolute atomic E-state index is 0.0946. The van der Waals surface area contributed by atoms with Crippen LogP contribution in [0.5, 0.6) is 5.75 Å². The van der Waals surface area contributed by atoms with Gasteiger partial charge in [-0.1, -0.05) is 11.8 Å². The fraction of sp³-hybridized carbons (Fsp3) is 0.333. The number of hydrogen-bond donors (Lipinski definition) is 1. The van der Waals surface area contributed by atoms with Gasteiger partial charge in [-0.15, -0.1) is 21.5 Å². The summed E-state index contributed by atoms with van der Waals surface area (Å²) in [6, 6.07) is 7.36. The molecule has 7 nitrogen and oxygen atoms in total. The number of aryl methyl sites for hydroxylation is 2. The number of thioether (sulfide) groups is 1. The lowest BCUT2D eigenvalue weighted by atomic mass is 9.97. The zero-order valence-electron chi connectivity index (χ0n) is 16.6. The summed E-state index contributed by atoms with van der Waals surface area (Å²) in [7, 11) is 0. The lowest BCUT2D eigenvalue weighted by Gasteiger charge is -2.10. The Morgan fingerprint density at radius 2 is 2.07 bits per heavy atom. The van der Waals surface area contributed by atoms with Crippen molar-refractivity contribution in [1.29, 1.82) is 0 Å². The van der Waals surface area contributed by atoms with Crippen LogP contribution in [0.4, 0.5) is 5.69 Å². The van der Waals surface area contributed by atoms with Crippen LogP contribution in [0, 0.1) is 0 Å². The molecule has 1 N–H and O–H groups in total. The van der Waals surface area contributed by atoms with Crippen molar-refractivity contribution in [1.82, 2.24) is 19.6 Å². The predicted molar refractivity (Wildman–Crippen MR) is 120 cm³/mol. The Hall–Kier alpha value is -2.65. The summed E-state index contributed by atoms with van der Waals surface area (Å²) in [5, 5.41) is 13.5. The number of carbonyl (C=O) groups excluding carboxylic acids is 1. The summed E-state index contributed by atoms with van der Waals surface area (Å²) in [5.41, 5.74) is 2.97. The Morgan fingerprint density at radius 3 is 2.90 bits per heavy atom. The monoisotopic (exact) mass is 439 g/mol. The molecule has 154 valence electrons. The zero-order valence-corrected chi connectivity index (χ0v) is 18.2. The summed E-state index contributed by atoms with van der Waals surface area (Å²) in [5.74, 6) is 0.936. The molecule has 0 bridgehead atoms. The van der Waals surface area contributed by atoms with Gasteiger partial charge in [-0.05, 0) is 62.4 Å². The van der Waals surface area contributed by atoms with E-state index in [1.165, 1.54) is 35.0 Å². The number of rotatable bonds is 6. The fourth-order valence-electron chi connectivity index (χ4n) is 3.76. The second kappa shape index (κ2) is 8.23. The van der Waals surface area contributed by atoms with Crippen LogP contribution >= 0.6 is 23.1 Å². The minimum atomic E-state index is -0.0946. The first-order valence-electron chi connectivity index (χ1n) is 10.0. The predicted octanol–water partition coefficient (Wildman–Crippen LogP) is 4.35. The highest BCUT2D eigenvalue weighted by Crippen LogP contribution is 2.37. The third kappa shape index (κ3) is 3.63. The molecule has 9 heteroatoms. The van der Waals surface area contributed by atoms with Gasteiger partial charge < -0.3 is 10.1 Å². The maximum Gasteiger partial charge on any atom is 0.234 e.